The zero-order valence-corrected chi connectivity index (χ0v) is 2.81. The van der Waals surface area contributed by atoms with E-state index in [-0.39, 0.29) is 37.7 Å². The van der Waals surface area contributed by atoms with Crippen molar-refractivity contribution in [2.75, 3.05) is 13.1 Å². The first-order valence-electron chi connectivity index (χ1n) is 1.59. The van der Waals surface area contributed by atoms with Crippen molar-refractivity contribution in [3.8, 4) is 0 Å². The fourth-order valence-corrected chi connectivity index (χ4v) is 0.250. The number of rotatable bonds is 0. The van der Waals surface area contributed by atoms with Crippen LogP contribution in [-0.2, 0) is 0 Å². The first-order chi connectivity index (χ1) is 2.50. The van der Waals surface area contributed by atoms with Crippen LogP contribution in [0.3, 0.4) is 0 Å². The molecule has 0 saturated carbocycles. The van der Waals surface area contributed by atoms with E-state index in [1.165, 1.54) is 0 Å². The zero-order chi connectivity index (χ0) is 3.54. The van der Waals surface area contributed by atoms with Gasteiger partial charge in [0.05, 0.1) is 13.1 Å². The van der Waals surface area contributed by atoms with E-state index in [9.17, 15) is 0 Å². The second kappa shape index (κ2) is 3.84. The van der Waals surface area contributed by atoms with Crippen LogP contribution in [0, 0.1) is 0 Å². The third-order valence-electron chi connectivity index (χ3n) is 0.465. The molecular weight excluding hydrogens is 106 g/mol. The molecule has 0 fully saturated rings. The van der Waals surface area contributed by atoms with Crippen molar-refractivity contribution in [2.24, 2.45) is 10.3 Å². The maximum atomic E-state index is 3.60. The number of nitrogens with zero attached hydrogens (tertiary/aromatic N) is 2. The van der Waals surface area contributed by atoms with Crippen molar-refractivity contribution in [2.45, 2.75) is 0 Å². The topological polar surface area (TPSA) is 36.8 Å². The quantitative estimate of drug-likeness (QED) is 0.404. The molecule has 4 heteroatoms. The van der Waals surface area contributed by atoms with Crippen LogP contribution < -0.4 is 5.43 Å². The third kappa shape index (κ3) is 1.95. The molecule has 32 valence electrons. The Kier molecular flexibility index (Phi) is 4.26. The summed E-state index contributed by atoms with van der Waals surface area (Å²) in [5.74, 6) is 0. The molecule has 0 amide bonds. The molecule has 0 aliphatic carbocycles. The van der Waals surface area contributed by atoms with Gasteiger partial charge in [-0.25, -0.2) is 0 Å². The van der Waals surface area contributed by atoms with Gasteiger partial charge in [0.25, 0.3) is 0 Å². The van der Waals surface area contributed by atoms with Crippen LogP contribution in [-0.4, -0.2) is 50.8 Å². The number of hydrogen-bond donors (Lipinski definition) is 1. The van der Waals surface area contributed by atoms with Crippen LogP contribution >= 0.6 is 0 Å². The summed E-state index contributed by atoms with van der Waals surface area (Å²) >= 11 is 0. The molecule has 0 saturated heterocycles. The predicted molar refractivity (Wildman–Crippen MR) is 26.3 cm³/mol. The van der Waals surface area contributed by atoms with Crippen molar-refractivity contribution >= 4 is 37.7 Å². The van der Waals surface area contributed by atoms with Crippen molar-refractivity contribution in [3.63, 3.8) is 0 Å². The Balaban J connectivity index is 0.000000250. The molecule has 1 heterocycles. The molecule has 0 spiro atoms. The molecule has 0 aromatic carbocycles. The average Bonchev–Trinajstić information content (AvgIpc) is 1.76. The van der Waals surface area contributed by atoms with Crippen molar-refractivity contribution in [1.29, 1.82) is 0 Å². The molecule has 0 aromatic heterocycles. The van der Waals surface area contributed by atoms with Gasteiger partial charge < -0.3 is 0 Å². The molecule has 0 unspecified atom stereocenters. The van der Waals surface area contributed by atoms with Gasteiger partial charge in [-0.3, -0.25) is 5.43 Å². The Morgan fingerprint density at radius 1 is 1.50 bits per heavy atom. The summed E-state index contributed by atoms with van der Waals surface area (Å²) in [4.78, 5) is 0. The van der Waals surface area contributed by atoms with Gasteiger partial charge in [-0.2, -0.15) is 5.11 Å². The summed E-state index contributed by atoms with van der Waals surface area (Å²) in [6, 6.07) is 0. The summed E-state index contributed by atoms with van der Waals surface area (Å²) in [7, 11) is 0. The van der Waals surface area contributed by atoms with E-state index in [0.29, 0.717) is 0 Å². The van der Waals surface area contributed by atoms with Gasteiger partial charge in [-0.15, -0.1) is 0 Å². The Labute approximate surface area is 66.2 Å². The molecule has 1 aliphatic heterocycles. The standard InChI is InChI=1S/C2H5N3.Ca.2H/c1-2-4-5-3-1;;;/h1-2H2,(H,3,4);;;. The Morgan fingerprint density at radius 3 is 2.50 bits per heavy atom. The van der Waals surface area contributed by atoms with E-state index in [1.807, 2.05) is 0 Å². The SMILES string of the molecule is C1CNN=N1.[CaH2]. The summed E-state index contributed by atoms with van der Waals surface area (Å²) in [5, 5.41) is 7.06. The van der Waals surface area contributed by atoms with Crippen molar-refractivity contribution in [1.82, 2.24) is 5.43 Å². The maximum absolute atomic E-state index is 3.60. The molecule has 1 N–H and O–H groups in total. The van der Waals surface area contributed by atoms with Gasteiger partial charge in [0.1, 0.15) is 0 Å². The Morgan fingerprint density at radius 2 is 2.33 bits per heavy atom. The van der Waals surface area contributed by atoms with E-state index in [2.05, 4.69) is 15.8 Å². The van der Waals surface area contributed by atoms with E-state index < -0.39 is 0 Å². The van der Waals surface area contributed by atoms with Gasteiger partial charge in [-0.05, 0) is 0 Å². The second-order valence-corrected chi connectivity index (χ2v) is 0.873. The van der Waals surface area contributed by atoms with E-state index >= 15 is 0 Å². The third-order valence-corrected chi connectivity index (χ3v) is 0.465. The summed E-state index contributed by atoms with van der Waals surface area (Å²) in [5.41, 5.74) is 2.68. The molecule has 0 aromatic rings. The van der Waals surface area contributed by atoms with Crippen LogP contribution in [0.25, 0.3) is 0 Å². The molecule has 0 bridgehead atoms. The first-order valence-corrected chi connectivity index (χ1v) is 1.59. The molecule has 0 radical (unpaired) electrons. The molecule has 1 aliphatic rings. The van der Waals surface area contributed by atoms with Crippen LogP contribution in [0.15, 0.2) is 10.3 Å². The van der Waals surface area contributed by atoms with Crippen molar-refractivity contribution in [3.05, 3.63) is 0 Å². The van der Waals surface area contributed by atoms with Crippen LogP contribution in [0.1, 0.15) is 0 Å². The molecule has 0 atom stereocenters. The second-order valence-electron chi connectivity index (χ2n) is 0.873. The van der Waals surface area contributed by atoms with Crippen LogP contribution in [0.2, 0.25) is 0 Å². The molecular formula is C2H7CaN3. The van der Waals surface area contributed by atoms with Gasteiger partial charge in [0, 0.05) is 0 Å². The zero-order valence-electron chi connectivity index (χ0n) is 2.81. The van der Waals surface area contributed by atoms with Gasteiger partial charge in [0.2, 0.25) is 0 Å². The van der Waals surface area contributed by atoms with E-state index in [0.717, 1.165) is 13.1 Å². The first kappa shape index (κ1) is 6.66. The number of nitrogens with one attached hydrogen (secondary N) is 1. The monoisotopic (exact) mass is 113 g/mol. The fraction of sp³-hybridized carbons (Fsp3) is 1.00. The van der Waals surface area contributed by atoms with Crippen LogP contribution in [0.5, 0.6) is 0 Å². The summed E-state index contributed by atoms with van der Waals surface area (Å²) in [6.07, 6.45) is 0. The van der Waals surface area contributed by atoms with Gasteiger partial charge >= 0.3 is 37.7 Å². The summed E-state index contributed by atoms with van der Waals surface area (Å²) < 4.78 is 0. The van der Waals surface area contributed by atoms with E-state index in [1.54, 1.807) is 0 Å². The van der Waals surface area contributed by atoms with Gasteiger partial charge in [-0.1, -0.05) is 5.22 Å². The van der Waals surface area contributed by atoms with Crippen LogP contribution in [0.4, 0.5) is 0 Å². The molecule has 6 heavy (non-hydrogen) atoms. The normalized spacial score (nSPS) is 16.0. The Hall–Kier alpha value is 0.660. The van der Waals surface area contributed by atoms with E-state index in [4.69, 9.17) is 0 Å². The minimum absolute atomic E-state index is 0. The van der Waals surface area contributed by atoms with Gasteiger partial charge in [0.15, 0.2) is 0 Å². The molecule has 3 nitrogen and oxygen atoms in total. The summed E-state index contributed by atoms with van der Waals surface area (Å²) in [6.45, 7) is 1.76. The fourth-order valence-electron chi connectivity index (χ4n) is 0.250. The average molecular weight is 113 g/mol. The molecule has 1 rings (SSSR count). The Bertz CT molecular complexity index is 46.8. The van der Waals surface area contributed by atoms with Crippen molar-refractivity contribution < 1.29 is 0 Å². The number of hydrogen-bond acceptors (Lipinski definition) is 3. The minimum atomic E-state index is 0. The predicted octanol–water partition coefficient (Wildman–Crippen LogP) is -0.959.